The van der Waals surface area contributed by atoms with Crippen molar-refractivity contribution in [1.82, 2.24) is 5.09 Å². The van der Waals surface area contributed by atoms with Crippen LogP contribution in [0.1, 0.15) is 96.0 Å². The third-order valence-corrected chi connectivity index (χ3v) is 9.30. The number of para-hydroxylation sites is 1. The van der Waals surface area contributed by atoms with E-state index in [1.807, 2.05) is 0 Å². The van der Waals surface area contributed by atoms with Gasteiger partial charge in [-0.05, 0) is 42.7 Å². The summed E-state index contributed by atoms with van der Waals surface area (Å²) >= 11 is 0. The largest absolute Gasteiger partial charge is 0.513 e. The number of unbranched alkanes of at least 4 members (excludes halogenated alkanes) is 12. The van der Waals surface area contributed by atoms with Crippen molar-refractivity contribution in [3.05, 3.63) is 94.8 Å². The van der Waals surface area contributed by atoms with E-state index in [4.69, 9.17) is 13.8 Å². The molecule has 0 radical (unpaired) electrons. The van der Waals surface area contributed by atoms with Crippen molar-refractivity contribution >= 4 is 13.7 Å². The van der Waals surface area contributed by atoms with E-state index in [0.717, 1.165) is 44.2 Å². The van der Waals surface area contributed by atoms with E-state index in [0.29, 0.717) is 12.5 Å². The quantitative estimate of drug-likeness (QED) is 0.0261. The van der Waals surface area contributed by atoms with Gasteiger partial charge in [0.25, 0.3) is 0 Å². The van der Waals surface area contributed by atoms with Gasteiger partial charge in [-0.1, -0.05) is 102 Å². The number of benzene rings is 3. The van der Waals surface area contributed by atoms with Crippen molar-refractivity contribution in [2.75, 3.05) is 6.61 Å². The van der Waals surface area contributed by atoms with Gasteiger partial charge in [0.1, 0.15) is 23.4 Å². The van der Waals surface area contributed by atoms with Gasteiger partial charge in [0.15, 0.2) is 0 Å². The van der Waals surface area contributed by atoms with Crippen LogP contribution in [0.2, 0.25) is 0 Å². The number of hydrogen-bond acceptors (Lipinski definition) is 5. The molecule has 0 bridgehead atoms. The van der Waals surface area contributed by atoms with Crippen LogP contribution < -0.4 is 14.1 Å². The van der Waals surface area contributed by atoms with E-state index < -0.39 is 72.6 Å². The van der Waals surface area contributed by atoms with E-state index in [1.54, 1.807) is 0 Å². The summed E-state index contributed by atoms with van der Waals surface area (Å²) in [5.74, 6) is -17.4. The number of halogens is 7. The average Bonchev–Trinajstić information content (AvgIpc) is 3.08. The molecule has 0 saturated heterocycles. The second-order valence-electron chi connectivity index (χ2n) is 12.0. The van der Waals surface area contributed by atoms with Gasteiger partial charge in [0.2, 0.25) is 34.8 Å². The molecule has 0 saturated carbocycles. The molecule has 50 heavy (non-hydrogen) atoms. The molecule has 2 atom stereocenters. The van der Waals surface area contributed by atoms with Crippen molar-refractivity contribution in [2.45, 2.75) is 103 Å². The fourth-order valence-corrected chi connectivity index (χ4v) is 6.73. The lowest BCUT2D eigenvalue weighted by molar-refractivity contribution is -0.145. The number of rotatable bonds is 23. The summed E-state index contributed by atoms with van der Waals surface area (Å²) in [6, 6.07) is 7.37. The second-order valence-corrected chi connectivity index (χ2v) is 13.6. The molecule has 6 nitrogen and oxygen atoms in total. The normalized spacial score (nSPS) is 13.1. The second kappa shape index (κ2) is 20.9. The van der Waals surface area contributed by atoms with Crippen molar-refractivity contribution in [2.24, 2.45) is 0 Å². The molecule has 3 aromatic carbocycles. The Bertz CT molecular complexity index is 1510. The number of esters is 1. The third-order valence-electron chi connectivity index (χ3n) is 7.80. The van der Waals surface area contributed by atoms with Crippen LogP contribution in [0.25, 0.3) is 0 Å². The summed E-state index contributed by atoms with van der Waals surface area (Å²) in [6.07, 6.45) is 13.5. The smallest absolute Gasteiger partial charge is 0.465 e. The minimum Gasteiger partial charge on any atom is -0.465 e. The van der Waals surface area contributed by atoms with Crippen LogP contribution in [-0.2, 0) is 20.5 Å². The average molecular weight is 734 g/mol. The highest BCUT2D eigenvalue weighted by molar-refractivity contribution is 7.52. The van der Waals surface area contributed by atoms with Crippen molar-refractivity contribution < 1.29 is 53.9 Å². The first-order valence-electron chi connectivity index (χ1n) is 16.9. The molecular weight excluding hydrogens is 690 g/mol. The van der Waals surface area contributed by atoms with Crippen molar-refractivity contribution in [1.29, 1.82) is 0 Å². The lowest BCUT2D eigenvalue weighted by Crippen LogP contribution is -2.40. The van der Waals surface area contributed by atoms with Gasteiger partial charge in [0.05, 0.1) is 6.61 Å². The minimum absolute atomic E-state index is 0.0887. The molecule has 3 rings (SSSR count). The maximum Gasteiger partial charge on any atom is 0.513 e. The first-order chi connectivity index (χ1) is 23.9. The summed E-state index contributed by atoms with van der Waals surface area (Å²) in [6.45, 7) is 2.10. The van der Waals surface area contributed by atoms with Gasteiger partial charge in [-0.3, -0.25) is 4.79 Å². The fraction of sp³-hybridized carbons (Fsp3) is 0.472. The summed E-state index contributed by atoms with van der Waals surface area (Å²) in [4.78, 5) is 13.3. The van der Waals surface area contributed by atoms with Crippen molar-refractivity contribution in [3.63, 3.8) is 0 Å². The van der Waals surface area contributed by atoms with Gasteiger partial charge >= 0.3 is 13.7 Å². The zero-order chi connectivity index (χ0) is 36.5. The molecule has 0 aromatic heterocycles. The van der Waals surface area contributed by atoms with E-state index in [1.165, 1.54) is 75.3 Å². The molecule has 14 heteroatoms. The molecule has 0 heterocycles. The standard InChI is InChI=1S/C36H43F7NO5P/c1-2-3-4-5-6-7-8-9-10-11-12-13-17-20-47-36(45)29(23-25-21-26(37)24-27(38)22-25)44-50(46,48-28-18-15-14-16-19-28)49-35-33(42)31(40)30(39)32(41)34(35)43/h14-16,18-19,21-22,24,29H,2-13,17,20,23H2,1H3,(H,44,46)/t29-,50-/m0/s1. The molecule has 0 fully saturated rings. The monoisotopic (exact) mass is 733 g/mol. The van der Waals surface area contributed by atoms with Crippen LogP contribution in [0, 0.1) is 40.7 Å². The molecule has 0 aliphatic carbocycles. The fourth-order valence-electron chi connectivity index (χ4n) is 5.21. The zero-order valence-electron chi connectivity index (χ0n) is 27.9. The first-order valence-corrected chi connectivity index (χ1v) is 18.4. The van der Waals surface area contributed by atoms with Gasteiger partial charge in [-0.2, -0.15) is 13.9 Å². The van der Waals surface area contributed by atoms with Gasteiger partial charge in [-0.25, -0.2) is 26.5 Å². The predicted octanol–water partition coefficient (Wildman–Crippen LogP) is 11.1. The number of carbonyl (C=O) groups is 1. The van der Waals surface area contributed by atoms with E-state index in [-0.39, 0.29) is 17.9 Å². The van der Waals surface area contributed by atoms with Crippen molar-refractivity contribution in [3.8, 4) is 11.5 Å². The molecule has 1 N–H and O–H groups in total. The minimum atomic E-state index is -5.29. The summed E-state index contributed by atoms with van der Waals surface area (Å²) in [5.41, 5.74) is -0.125. The first kappa shape index (κ1) is 40.9. The van der Waals surface area contributed by atoms with Crippen LogP contribution in [0.3, 0.4) is 0 Å². The predicted molar refractivity (Wildman–Crippen MR) is 175 cm³/mol. The maximum absolute atomic E-state index is 14.6. The Kier molecular flexibility index (Phi) is 17.1. The van der Waals surface area contributed by atoms with E-state index >= 15 is 0 Å². The number of carbonyl (C=O) groups excluding carboxylic acids is 1. The highest BCUT2D eigenvalue weighted by Gasteiger charge is 2.40. The lowest BCUT2D eigenvalue weighted by atomic mass is 10.0. The molecule has 276 valence electrons. The molecular formula is C36H43F7NO5P. The third kappa shape index (κ3) is 13.3. The SMILES string of the molecule is CCCCCCCCCCCCCCCOC(=O)[C@H](Cc1cc(F)cc(F)c1)N[P@](=O)(Oc1ccccc1)Oc1c(F)c(F)c(F)c(F)c1F. The summed E-state index contributed by atoms with van der Waals surface area (Å²) in [5, 5.41) is 2.14. The Morgan fingerprint density at radius 1 is 0.660 bits per heavy atom. The molecule has 3 aromatic rings. The highest BCUT2D eigenvalue weighted by Crippen LogP contribution is 2.48. The molecule has 0 unspecified atom stereocenters. The van der Waals surface area contributed by atoms with Crippen LogP contribution >= 0.6 is 7.75 Å². The van der Waals surface area contributed by atoms with Gasteiger partial charge < -0.3 is 13.8 Å². The lowest BCUT2D eigenvalue weighted by Gasteiger charge is -2.25. The molecule has 0 aliphatic heterocycles. The molecule has 0 amide bonds. The highest BCUT2D eigenvalue weighted by atomic mass is 31.2. The number of nitrogens with one attached hydrogen (secondary N) is 1. The molecule has 0 aliphatic rings. The van der Waals surface area contributed by atoms with Crippen LogP contribution in [0.15, 0.2) is 48.5 Å². The van der Waals surface area contributed by atoms with E-state index in [9.17, 15) is 40.1 Å². The Morgan fingerprint density at radius 3 is 1.66 bits per heavy atom. The van der Waals surface area contributed by atoms with Crippen LogP contribution in [0.5, 0.6) is 11.5 Å². The Labute approximate surface area is 288 Å². The number of hydrogen-bond donors (Lipinski definition) is 1. The Morgan fingerprint density at radius 2 is 1.14 bits per heavy atom. The van der Waals surface area contributed by atoms with Crippen LogP contribution in [-0.4, -0.2) is 18.6 Å². The van der Waals surface area contributed by atoms with E-state index in [2.05, 4.69) is 12.0 Å². The van der Waals surface area contributed by atoms with Crippen LogP contribution in [0.4, 0.5) is 30.7 Å². The van der Waals surface area contributed by atoms with Gasteiger partial charge in [0, 0.05) is 6.07 Å². The zero-order valence-corrected chi connectivity index (χ0v) is 28.8. The molecule has 0 spiro atoms. The Hall–Kier alpha value is -3.57. The van der Waals surface area contributed by atoms with Gasteiger partial charge in [-0.15, -0.1) is 0 Å². The maximum atomic E-state index is 14.6. The number of ether oxygens (including phenoxy) is 1. The topological polar surface area (TPSA) is 73.9 Å². The Balaban J connectivity index is 1.70. The summed E-state index contributed by atoms with van der Waals surface area (Å²) in [7, 11) is -5.29. The summed E-state index contributed by atoms with van der Waals surface area (Å²) < 4.78 is 128.